The van der Waals surface area contributed by atoms with E-state index in [-0.39, 0.29) is 11.5 Å². The van der Waals surface area contributed by atoms with Gasteiger partial charge in [0.2, 0.25) is 0 Å². The highest BCUT2D eigenvalue weighted by atomic mass is 32.1. The number of nitrogens with zero attached hydrogens (tertiary/aromatic N) is 3. The molecule has 1 fully saturated rings. The first kappa shape index (κ1) is 16.0. The molecule has 0 atom stereocenters. The van der Waals surface area contributed by atoms with Crippen LogP contribution in [0.5, 0.6) is 0 Å². The third-order valence-electron chi connectivity index (χ3n) is 5.29. The Labute approximate surface area is 154 Å². The van der Waals surface area contributed by atoms with Gasteiger partial charge in [-0.05, 0) is 43.4 Å². The van der Waals surface area contributed by atoms with Crippen LogP contribution in [0.2, 0.25) is 0 Å². The Bertz CT molecular complexity index is 1080. The van der Waals surface area contributed by atoms with Crippen LogP contribution in [0.3, 0.4) is 0 Å². The number of amides is 1. The van der Waals surface area contributed by atoms with Crippen LogP contribution >= 0.6 is 11.3 Å². The van der Waals surface area contributed by atoms with Crippen LogP contribution < -0.4 is 5.56 Å². The van der Waals surface area contributed by atoms with Crippen molar-refractivity contribution in [3.8, 4) is 0 Å². The molecule has 2 aliphatic rings. The van der Waals surface area contributed by atoms with E-state index in [1.54, 1.807) is 34.6 Å². The van der Waals surface area contributed by atoms with Gasteiger partial charge in [0.25, 0.3) is 11.5 Å². The van der Waals surface area contributed by atoms with Crippen molar-refractivity contribution < 1.29 is 9.53 Å². The summed E-state index contributed by atoms with van der Waals surface area (Å²) in [6.07, 6.45) is 5.98. The number of rotatable bonds is 1. The number of hydrogen-bond donors (Lipinski definition) is 0. The van der Waals surface area contributed by atoms with Crippen molar-refractivity contribution in [2.75, 3.05) is 26.3 Å². The van der Waals surface area contributed by atoms with Gasteiger partial charge in [0, 0.05) is 24.2 Å². The van der Waals surface area contributed by atoms with Crippen LogP contribution in [0.1, 0.15) is 33.6 Å². The molecule has 1 aliphatic heterocycles. The number of fused-ring (bicyclic) bond motifs is 4. The van der Waals surface area contributed by atoms with Crippen molar-refractivity contribution in [2.45, 2.75) is 25.7 Å². The number of thiophene rings is 1. The molecule has 4 heterocycles. The summed E-state index contributed by atoms with van der Waals surface area (Å²) in [6, 6.07) is 3.52. The SMILES string of the molecule is O=C(c1cccn2c(=O)c3c4c(sc3nc12)CCCC4)N1CCOCC1. The molecule has 26 heavy (non-hydrogen) atoms. The van der Waals surface area contributed by atoms with Crippen LogP contribution in [0.25, 0.3) is 15.9 Å². The lowest BCUT2D eigenvalue weighted by Crippen LogP contribution is -2.41. The number of morpholine rings is 1. The summed E-state index contributed by atoms with van der Waals surface area (Å²) in [5.41, 5.74) is 2.06. The molecule has 3 aromatic heterocycles. The lowest BCUT2D eigenvalue weighted by atomic mass is 9.97. The maximum Gasteiger partial charge on any atom is 0.266 e. The minimum absolute atomic E-state index is 0.0546. The zero-order chi connectivity index (χ0) is 17.7. The molecule has 1 amide bonds. The summed E-state index contributed by atoms with van der Waals surface area (Å²) in [5, 5.41) is 0.748. The third kappa shape index (κ3) is 2.38. The molecule has 134 valence electrons. The molecule has 0 N–H and O–H groups in total. The van der Waals surface area contributed by atoms with E-state index in [4.69, 9.17) is 9.72 Å². The van der Waals surface area contributed by atoms with Crippen molar-refractivity contribution in [3.05, 3.63) is 44.7 Å². The Balaban J connectivity index is 1.72. The maximum absolute atomic E-state index is 13.2. The number of aryl methyl sites for hydroxylation is 2. The topological polar surface area (TPSA) is 63.9 Å². The van der Waals surface area contributed by atoms with Gasteiger partial charge in [-0.1, -0.05) is 0 Å². The van der Waals surface area contributed by atoms with Crippen molar-refractivity contribution in [3.63, 3.8) is 0 Å². The highest BCUT2D eigenvalue weighted by Crippen LogP contribution is 2.34. The smallest absolute Gasteiger partial charge is 0.266 e. The van der Waals surface area contributed by atoms with Crippen LogP contribution in [0.15, 0.2) is 23.1 Å². The van der Waals surface area contributed by atoms with Crippen LogP contribution in [0.4, 0.5) is 0 Å². The molecular weight excluding hydrogens is 350 g/mol. The number of ether oxygens (including phenoxy) is 1. The molecule has 5 rings (SSSR count). The van der Waals surface area contributed by atoms with Crippen molar-refractivity contribution in [2.24, 2.45) is 0 Å². The average molecular weight is 369 g/mol. The molecule has 0 radical (unpaired) electrons. The molecule has 7 heteroatoms. The predicted octanol–water partition coefficient (Wildman–Crippen LogP) is 2.26. The van der Waals surface area contributed by atoms with Gasteiger partial charge in [0.05, 0.1) is 24.2 Å². The summed E-state index contributed by atoms with van der Waals surface area (Å²) in [5.74, 6) is -0.0843. The van der Waals surface area contributed by atoms with Gasteiger partial charge < -0.3 is 9.64 Å². The van der Waals surface area contributed by atoms with E-state index in [0.717, 1.165) is 29.5 Å². The molecular formula is C19H19N3O3S. The minimum Gasteiger partial charge on any atom is -0.378 e. The number of aromatic nitrogens is 2. The predicted molar refractivity (Wildman–Crippen MR) is 100 cm³/mol. The normalized spacial score (nSPS) is 17.6. The highest BCUT2D eigenvalue weighted by molar-refractivity contribution is 7.18. The van der Waals surface area contributed by atoms with Crippen LogP contribution in [-0.4, -0.2) is 46.5 Å². The molecule has 0 aromatic carbocycles. The molecule has 0 bridgehead atoms. The lowest BCUT2D eigenvalue weighted by molar-refractivity contribution is 0.0304. The first-order valence-electron chi connectivity index (χ1n) is 9.06. The van der Waals surface area contributed by atoms with Crippen LogP contribution in [0, 0.1) is 0 Å². The standard InChI is InChI=1S/C19H19N3O3S/c23-18(21-8-10-25-11-9-21)13-5-3-7-22-16(13)20-17-15(19(22)24)12-4-1-2-6-14(12)26-17/h3,5,7H,1-2,4,6,8-11H2. The Morgan fingerprint density at radius 3 is 2.85 bits per heavy atom. The Morgan fingerprint density at radius 1 is 1.19 bits per heavy atom. The van der Waals surface area contributed by atoms with Gasteiger partial charge in [-0.15, -0.1) is 11.3 Å². The van der Waals surface area contributed by atoms with Gasteiger partial charge in [-0.2, -0.15) is 0 Å². The second kappa shape index (κ2) is 6.17. The van der Waals surface area contributed by atoms with Crippen molar-refractivity contribution in [1.29, 1.82) is 0 Å². The average Bonchev–Trinajstić information content (AvgIpc) is 3.06. The second-order valence-electron chi connectivity index (χ2n) is 6.83. The quantitative estimate of drug-likeness (QED) is 0.660. The summed E-state index contributed by atoms with van der Waals surface area (Å²) in [6.45, 7) is 2.23. The highest BCUT2D eigenvalue weighted by Gasteiger charge is 2.24. The van der Waals surface area contributed by atoms with E-state index in [2.05, 4.69) is 0 Å². The van der Waals surface area contributed by atoms with Crippen LogP contribution in [-0.2, 0) is 17.6 Å². The van der Waals surface area contributed by atoms with Crippen molar-refractivity contribution >= 4 is 33.1 Å². The fraction of sp³-hybridized carbons (Fsp3) is 0.421. The summed E-state index contributed by atoms with van der Waals surface area (Å²) in [4.78, 5) is 34.7. The zero-order valence-corrected chi connectivity index (χ0v) is 15.2. The Hall–Kier alpha value is -2.25. The molecule has 0 spiro atoms. The molecule has 0 unspecified atom stereocenters. The van der Waals surface area contributed by atoms with Gasteiger partial charge in [-0.3, -0.25) is 14.0 Å². The number of carbonyl (C=O) groups is 1. The van der Waals surface area contributed by atoms with E-state index >= 15 is 0 Å². The van der Waals surface area contributed by atoms with E-state index < -0.39 is 0 Å². The Morgan fingerprint density at radius 2 is 2.00 bits per heavy atom. The monoisotopic (exact) mass is 369 g/mol. The van der Waals surface area contributed by atoms with E-state index in [1.807, 2.05) is 0 Å². The maximum atomic E-state index is 13.2. The second-order valence-corrected chi connectivity index (χ2v) is 7.91. The van der Waals surface area contributed by atoms with Gasteiger partial charge >= 0.3 is 0 Å². The first-order chi connectivity index (χ1) is 12.7. The van der Waals surface area contributed by atoms with Gasteiger partial charge in [-0.25, -0.2) is 4.98 Å². The fourth-order valence-corrected chi connectivity index (χ4v) is 5.20. The number of carbonyl (C=O) groups excluding carboxylic acids is 1. The lowest BCUT2D eigenvalue weighted by Gasteiger charge is -2.27. The van der Waals surface area contributed by atoms with E-state index in [9.17, 15) is 9.59 Å². The Kier molecular flexibility index (Phi) is 3.79. The van der Waals surface area contributed by atoms with Gasteiger partial charge in [0.15, 0.2) is 5.65 Å². The third-order valence-corrected chi connectivity index (χ3v) is 6.47. The summed E-state index contributed by atoms with van der Waals surface area (Å²) >= 11 is 1.62. The fourth-order valence-electron chi connectivity index (χ4n) is 3.95. The summed E-state index contributed by atoms with van der Waals surface area (Å²) in [7, 11) is 0. The largest absolute Gasteiger partial charge is 0.378 e. The van der Waals surface area contributed by atoms with Crippen molar-refractivity contribution in [1.82, 2.24) is 14.3 Å². The molecule has 1 aliphatic carbocycles. The number of hydrogen-bond acceptors (Lipinski definition) is 5. The molecule has 1 saturated heterocycles. The summed E-state index contributed by atoms with van der Waals surface area (Å²) < 4.78 is 6.87. The molecule has 3 aromatic rings. The number of pyridine rings is 1. The zero-order valence-electron chi connectivity index (χ0n) is 14.4. The molecule has 0 saturated carbocycles. The first-order valence-corrected chi connectivity index (χ1v) is 9.88. The van der Waals surface area contributed by atoms with Gasteiger partial charge in [0.1, 0.15) is 4.83 Å². The van der Waals surface area contributed by atoms with E-state index in [1.165, 1.54) is 21.3 Å². The minimum atomic E-state index is -0.0843. The molecule has 6 nitrogen and oxygen atoms in total. The van der Waals surface area contributed by atoms with E-state index in [0.29, 0.717) is 37.5 Å².